The molecule has 5 nitrogen and oxygen atoms in total. The first-order chi connectivity index (χ1) is 14.6. The minimum Gasteiger partial charge on any atom is -0.478 e. The van der Waals surface area contributed by atoms with Crippen LogP contribution in [-0.4, -0.2) is 30.1 Å². The van der Waals surface area contributed by atoms with Crippen molar-refractivity contribution in [3.63, 3.8) is 0 Å². The number of nitrogens with zero attached hydrogens (tertiary/aromatic N) is 1. The molecule has 1 saturated heterocycles. The number of nitrogens with one attached hydrogen (secondary N) is 1. The van der Waals surface area contributed by atoms with Crippen molar-refractivity contribution in [3.8, 4) is 0 Å². The van der Waals surface area contributed by atoms with Crippen molar-refractivity contribution in [2.45, 2.75) is 18.8 Å². The van der Waals surface area contributed by atoms with Crippen molar-refractivity contribution in [3.05, 3.63) is 95.6 Å². The van der Waals surface area contributed by atoms with Crippen LogP contribution in [0.25, 0.3) is 0 Å². The second-order valence-electron chi connectivity index (χ2n) is 7.53. The van der Waals surface area contributed by atoms with Gasteiger partial charge in [-0.2, -0.15) is 0 Å². The molecule has 0 aliphatic carbocycles. The van der Waals surface area contributed by atoms with Gasteiger partial charge in [-0.3, -0.25) is 4.79 Å². The maximum atomic E-state index is 12.6. The zero-order chi connectivity index (χ0) is 20.9. The van der Waals surface area contributed by atoms with Gasteiger partial charge in [-0.25, -0.2) is 4.79 Å². The first-order valence-corrected chi connectivity index (χ1v) is 10.2. The zero-order valence-corrected chi connectivity index (χ0v) is 16.6. The number of hydrogen-bond acceptors (Lipinski definition) is 3. The number of piperidine rings is 1. The first kappa shape index (κ1) is 19.7. The number of aromatic carboxylic acids is 1. The van der Waals surface area contributed by atoms with Crippen LogP contribution in [0.4, 0.5) is 11.4 Å². The van der Waals surface area contributed by atoms with Gasteiger partial charge in [0, 0.05) is 24.3 Å². The summed E-state index contributed by atoms with van der Waals surface area (Å²) in [5.74, 6) is -0.844. The van der Waals surface area contributed by atoms with Gasteiger partial charge in [0.2, 0.25) is 0 Å². The van der Waals surface area contributed by atoms with Crippen LogP contribution in [0.2, 0.25) is 0 Å². The molecule has 5 heteroatoms. The Labute approximate surface area is 176 Å². The second kappa shape index (κ2) is 8.82. The van der Waals surface area contributed by atoms with Crippen LogP contribution in [0.3, 0.4) is 0 Å². The Hall–Kier alpha value is -3.60. The molecule has 1 aliphatic rings. The molecular weight excluding hydrogens is 376 g/mol. The third kappa shape index (κ3) is 4.35. The van der Waals surface area contributed by atoms with E-state index in [9.17, 15) is 14.7 Å². The number of amides is 1. The Morgan fingerprint density at radius 3 is 2.13 bits per heavy atom. The van der Waals surface area contributed by atoms with E-state index in [2.05, 4.69) is 34.5 Å². The van der Waals surface area contributed by atoms with E-state index in [1.165, 1.54) is 5.56 Å². The predicted octanol–water partition coefficient (Wildman–Crippen LogP) is 5.02. The SMILES string of the molecule is O=C(Nc1cc(N2CCC(c3ccccc3)CC2)ccc1C(=O)O)c1ccccc1. The molecule has 1 fully saturated rings. The molecule has 4 rings (SSSR count). The van der Waals surface area contributed by atoms with E-state index in [0.29, 0.717) is 17.2 Å². The number of hydrogen-bond donors (Lipinski definition) is 2. The fraction of sp³-hybridized carbons (Fsp3) is 0.200. The lowest BCUT2D eigenvalue weighted by molar-refractivity contribution is 0.0698. The maximum Gasteiger partial charge on any atom is 0.337 e. The summed E-state index contributed by atoms with van der Waals surface area (Å²) < 4.78 is 0. The maximum absolute atomic E-state index is 12.6. The van der Waals surface area contributed by atoms with Crippen molar-refractivity contribution in [2.75, 3.05) is 23.3 Å². The molecule has 1 amide bonds. The van der Waals surface area contributed by atoms with Crippen LogP contribution in [0.1, 0.15) is 45.0 Å². The van der Waals surface area contributed by atoms with Crippen LogP contribution in [0.5, 0.6) is 0 Å². The van der Waals surface area contributed by atoms with Gasteiger partial charge in [0.25, 0.3) is 5.91 Å². The quantitative estimate of drug-likeness (QED) is 0.631. The highest BCUT2D eigenvalue weighted by atomic mass is 16.4. The molecule has 1 heterocycles. The number of carboxylic acids is 1. The van der Waals surface area contributed by atoms with E-state index in [-0.39, 0.29) is 11.5 Å². The zero-order valence-electron chi connectivity index (χ0n) is 16.6. The Bertz CT molecular complexity index is 1030. The largest absolute Gasteiger partial charge is 0.478 e. The molecule has 0 saturated carbocycles. The highest BCUT2D eigenvalue weighted by Crippen LogP contribution is 2.32. The summed E-state index contributed by atoms with van der Waals surface area (Å²) in [6.07, 6.45) is 2.08. The molecule has 0 spiro atoms. The molecule has 3 aromatic carbocycles. The Balaban J connectivity index is 1.51. The van der Waals surface area contributed by atoms with Crippen molar-refractivity contribution < 1.29 is 14.7 Å². The summed E-state index contributed by atoms with van der Waals surface area (Å²) in [5.41, 5.74) is 3.19. The van der Waals surface area contributed by atoms with Gasteiger partial charge in [0.1, 0.15) is 0 Å². The minimum atomic E-state index is -1.06. The molecule has 1 aliphatic heterocycles. The first-order valence-electron chi connectivity index (χ1n) is 10.2. The number of carbonyl (C=O) groups is 2. The standard InChI is InChI=1S/C25H24N2O3/c28-24(20-9-5-2-6-10-20)26-23-17-21(11-12-22(23)25(29)30)27-15-13-19(14-16-27)18-7-3-1-4-8-18/h1-12,17,19H,13-16H2,(H,26,28)(H,29,30). The lowest BCUT2D eigenvalue weighted by Crippen LogP contribution is -2.33. The van der Waals surface area contributed by atoms with E-state index < -0.39 is 5.97 Å². The van der Waals surface area contributed by atoms with E-state index >= 15 is 0 Å². The van der Waals surface area contributed by atoms with Gasteiger partial charge in [0.05, 0.1) is 11.3 Å². The summed E-state index contributed by atoms with van der Waals surface area (Å²) in [6, 6.07) is 24.5. The number of anilines is 2. The lowest BCUT2D eigenvalue weighted by Gasteiger charge is -2.34. The van der Waals surface area contributed by atoms with Crippen LogP contribution in [0, 0.1) is 0 Å². The minimum absolute atomic E-state index is 0.0854. The molecular formula is C25H24N2O3. The smallest absolute Gasteiger partial charge is 0.337 e. The van der Waals surface area contributed by atoms with E-state index in [0.717, 1.165) is 31.6 Å². The van der Waals surface area contributed by atoms with E-state index in [1.54, 1.807) is 36.4 Å². The van der Waals surface area contributed by atoms with Gasteiger partial charge < -0.3 is 15.3 Å². The second-order valence-corrected chi connectivity index (χ2v) is 7.53. The van der Waals surface area contributed by atoms with Crippen molar-refractivity contribution in [1.29, 1.82) is 0 Å². The third-order valence-electron chi connectivity index (χ3n) is 5.65. The average molecular weight is 400 g/mol. The van der Waals surface area contributed by atoms with Crippen LogP contribution in [-0.2, 0) is 0 Å². The Morgan fingerprint density at radius 2 is 1.50 bits per heavy atom. The highest BCUT2D eigenvalue weighted by Gasteiger charge is 2.22. The number of rotatable bonds is 5. The highest BCUT2D eigenvalue weighted by molar-refractivity contribution is 6.08. The monoisotopic (exact) mass is 400 g/mol. The van der Waals surface area contributed by atoms with Gasteiger partial charge in [-0.05, 0) is 54.7 Å². The molecule has 0 aromatic heterocycles. The summed E-state index contributed by atoms with van der Waals surface area (Å²) in [4.78, 5) is 26.5. The van der Waals surface area contributed by atoms with E-state index in [1.807, 2.05) is 18.2 Å². The fourth-order valence-electron chi connectivity index (χ4n) is 4.00. The number of carboxylic acid groups (broad SMARTS) is 1. The Morgan fingerprint density at radius 1 is 0.867 bits per heavy atom. The Kier molecular flexibility index (Phi) is 5.80. The van der Waals surface area contributed by atoms with Crippen molar-refractivity contribution in [2.24, 2.45) is 0 Å². The molecule has 30 heavy (non-hydrogen) atoms. The fourth-order valence-corrected chi connectivity index (χ4v) is 4.00. The molecule has 152 valence electrons. The predicted molar refractivity (Wildman–Crippen MR) is 118 cm³/mol. The van der Waals surface area contributed by atoms with Crippen LogP contribution < -0.4 is 10.2 Å². The molecule has 0 atom stereocenters. The third-order valence-corrected chi connectivity index (χ3v) is 5.65. The number of carbonyl (C=O) groups excluding carboxylic acids is 1. The molecule has 0 radical (unpaired) electrons. The van der Waals surface area contributed by atoms with Gasteiger partial charge in [0.15, 0.2) is 0 Å². The van der Waals surface area contributed by atoms with Gasteiger partial charge in [-0.15, -0.1) is 0 Å². The van der Waals surface area contributed by atoms with Crippen molar-refractivity contribution in [1.82, 2.24) is 0 Å². The summed E-state index contributed by atoms with van der Waals surface area (Å²) in [6.45, 7) is 1.77. The van der Waals surface area contributed by atoms with E-state index in [4.69, 9.17) is 0 Å². The molecule has 0 bridgehead atoms. The average Bonchev–Trinajstić information content (AvgIpc) is 2.80. The van der Waals surface area contributed by atoms with Crippen LogP contribution >= 0.6 is 0 Å². The lowest BCUT2D eigenvalue weighted by atomic mass is 9.89. The molecule has 3 aromatic rings. The topological polar surface area (TPSA) is 69.6 Å². The number of benzene rings is 3. The summed E-state index contributed by atoms with van der Waals surface area (Å²) in [5, 5.41) is 12.3. The molecule has 2 N–H and O–H groups in total. The normalized spacial score (nSPS) is 14.3. The summed E-state index contributed by atoms with van der Waals surface area (Å²) >= 11 is 0. The van der Waals surface area contributed by atoms with Crippen LogP contribution in [0.15, 0.2) is 78.9 Å². The van der Waals surface area contributed by atoms with Crippen molar-refractivity contribution >= 4 is 23.3 Å². The summed E-state index contributed by atoms with van der Waals surface area (Å²) in [7, 11) is 0. The van der Waals surface area contributed by atoms with Gasteiger partial charge >= 0.3 is 5.97 Å². The molecule has 0 unspecified atom stereocenters. The van der Waals surface area contributed by atoms with Gasteiger partial charge in [-0.1, -0.05) is 48.5 Å².